The first-order valence-electron chi connectivity index (χ1n) is 14.3. The predicted molar refractivity (Wildman–Crippen MR) is 170 cm³/mol. The molecule has 2 atom stereocenters. The number of aryl methyl sites for hydroxylation is 3. The molecule has 2 aliphatic rings. The van der Waals surface area contributed by atoms with Gasteiger partial charge in [0.2, 0.25) is 0 Å². The second kappa shape index (κ2) is 13.2. The Labute approximate surface area is 262 Å². The maximum Gasteiger partial charge on any atom is 0.322 e. The lowest BCUT2D eigenvalue weighted by Crippen LogP contribution is -2.41. The fourth-order valence-electron chi connectivity index (χ4n) is 6.09. The average molecular weight is 629 g/mol. The summed E-state index contributed by atoms with van der Waals surface area (Å²) in [6, 6.07) is 12.7. The summed E-state index contributed by atoms with van der Waals surface area (Å²) in [5, 5.41) is 4.57. The minimum Gasteiger partial charge on any atom is -0.338 e. The van der Waals surface area contributed by atoms with E-state index in [2.05, 4.69) is 15.2 Å². The lowest BCUT2D eigenvalue weighted by molar-refractivity contribution is 0.0772. The number of anilines is 1. The minimum atomic E-state index is -0.200. The van der Waals surface area contributed by atoms with Crippen LogP contribution in [0, 0.1) is 32.6 Å². The highest BCUT2D eigenvalue weighted by Crippen LogP contribution is 2.33. The molecule has 3 aromatic rings. The van der Waals surface area contributed by atoms with Gasteiger partial charge in [-0.1, -0.05) is 46.9 Å². The number of likely N-dealkylation sites (tertiary alicyclic amines) is 2. The zero-order valence-corrected chi connectivity index (χ0v) is 26.4. The van der Waals surface area contributed by atoms with Crippen LogP contribution in [-0.2, 0) is 6.54 Å². The minimum absolute atomic E-state index is 0.0957. The normalized spacial score (nSPS) is 18.3. The first kappa shape index (κ1) is 30.6. The van der Waals surface area contributed by atoms with Crippen molar-refractivity contribution in [3.05, 3.63) is 91.7 Å². The van der Waals surface area contributed by atoms with Crippen molar-refractivity contribution in [1.82, 2.24) is 20.1 Å². The molecule has 7 nitrogen and oxygen atoms in total. The van der Waals surface area contributed by atoms with Gasteiger partial charge in [0.15, 0.2) is 0 Å². The molecule has 2 aromatic carbocycles. The monoisotopic (exact) mass is 627 g/mol. The van der Waals surface area contributed by atoms with Crippen molar-refractivity contribution in [2.75, 3.05) is 44.2 Å². The third-order valence-corrected chi connectivity index (χ3v) is 9.55. The number of hydrogen-bond donors (Lipinski definition) is 1. The molecule has 42 heavy (non-hydrogen) atoms. The maximum absolute atomic E-state index is 13.4. The molecule has 0 saturated carbocycles. The van der Waals surface area contributed by atoms with Crippen molar-refractivity contribution < 1.29 is 9.59 Å². The van der Waals surface area contributed by atoms with Crippen molar-refractivity contribution >= 4 is 52.4 Å². The van der Waals surface area contributed by atoms with Gasteiger partial charge in [0.1, 0.15) is 0 Å². The molecule has 3 heterocycles. The predicted octanol–water partition coefficient (Wildman–Crippen LogP) is 6.78. The Morgan fingerprint density at radius 2 is 1.64 bits per heavy atom. The number of rotatable bonds is 8. The standard InChI is InChI=1S/C32H36Cl3N5O2/c1-20-5-7-26(14-28(20)34)40(32(42)37-15-23-6-8-27(33)29(35)13-23)12-4-11-38-16-24-18-39(19-25(24)17-38)31(41)30-21(2)9-10-36-22(30)3/h5-10,13-14,24-25H,4,11-12,15-19H2,1-3H3,(H,37,42). The van der Waals surface area contributed by atoms with Crippen molar-refractivity contribution in [1.29, 1.82) is 0 Å². The van der Waals surface area contributed by atoms with Gasteiger partial charge in [-0.05, 0) is 92.6 Å². The molecule has 2 unspecified atom stereocenters. The molecule has 222 valence electrons. The topological polar surface area (TPSA) is 68.8 Å². The van der Waals surface area contributed by atoms with E-state index in [0.29, 0.717) is 40.0 Å². The number of fused-ring (bicyclic) bond motifs is 1. The van der Waals surface area contributed by atoms with E-state index in [1.165, 1.54) is 0 Å². The number of urea groups is 1. The maximum atomic E-state index is 13.4. The summed E-state index contributed by atoms with van der Waals surface area (Å²) in [5.41, 5.74) is 5.09. The van der Waals surface area contributed by atoms with Crippen LogP contribution in [0.3, 0.4) is 0 Å². The summed E-state index contributed by atoms with van der Waals surface area (Å²) in [4.78, 5) is 37.2. The second-order valence-corrected chi connectivity index (χ2v) is 12.6. The van der Waals surface area contributed by atoms with Gasteiger partial charge < -0.3 is 15.1 Å². The van der Waals surface area contributed by atoms with Crippen LogP contribution in [0.2, 0.25) is 15.1 Å². The Morgan fingerprint density at radius 1 is 0.905 bits per heavy atom. The molecule has 0 radical (unpaired) electrons. The third-order valence-electron chi connectivity index (χ3n) is 8.41. The van der Waals surface area contributed by atoms with Crippen LogP contribution < -0.4 is 10.2 Å². The Hall–Kier alpha value is -2.84. The van der Waals surface area contributed by atoms with Gasteiger partial charge in [0.05, 0.1) is 21.3 Å². The number of benzene rings is 2. The van der Waals surface area contributed by atoms with Crippen LogP contribution in [0.5, 0.6) is 0 Å². The van der Waals surface area contributed by atoms with Crippen LogP contribution >= 0.6 is 34.8 Å². The zero-order valence-electron chi connectivity index (χ0n) is 24.2. The molecule has 10 heteroatoms. The number of nitrogens with one attached hydrogen (secondary N) is 1. The quantitative estimate of drug-likeness (QED) is 0.299. The summed E-state index contributed by atoms with van der Waals surface area (Å²) in [7, 11) is 0. The molecular weight excluding hydrogens is 593 g/mol. The molecule has 0 aliphatic carbocycles. The van der Waals surface area contributed by atoms with Gasteiger partial charge in [-0.15, -0.1) is 0 Å². The Balaban J connectivity index is 1.17. The number of aromatic nitrogens is 1. The van der Waals surface area contributed by atoms with Crippen LogP contribution in [0.25, 0.3) is 0 Å². The van der Waals surface area contributed by atoms with E-state index in [9.17, 15) is 9.59 Å². The molecule has 1 N–H and O–H groups in total. The Kier molecular flexibility index (Phi) is 9.63. The third kappa shape index (κ3) is 6.86. The Bertz CT molecular complexity index is 1450. The number of amides is 3. The largest absolute Gasteiger partial charge is 0.338 e. The number of halogens is 3. The highest BCUT2D eigenvalue weighted by Gasteiger charge is 2.42. The van der Waals surface area contributed by atoms with Gasteiger partial charge in [-0.25, -0.2) is 4.79 Å². The number of pyridine rings is 1. The van der Waals surface area contributed by atoms with Crippen molar-refractivity contribution in [3.8, 4) is 0 Å². The van der Waals surface area contributed by atoms with Gasteiger partial charge in [0.25, 0.3) is 5.91 Å². The van der Waals surface area contributed by atoms with Crippen LogP contribution in [-0.4, -0.2) is 66.0 Å². The van der Waals surface area contributed by atoms with E-state index in [4.69, 9.17) is 34.8 Å². The fourth-order valence-corrected chi connectivity index (χ4v) is 6.58. The van der Waals surface area contributed by atoms with E-state index in [1.54, 1.807) is 23.2 Å². The van der Waals surface area contributed by atoms with E-state index in [1.807, 2.05) is 56.0 Å². The first-order chi connectivity index (χ1) is 20.1. The SMILES string of the molecule is Cc1ccc(N(CCCN2CC3CN(C(=O)c4c(C)ccnc4C)CC3C2)C(=O)NCc2ccc(Cl)c(Cl)c2)cc1Cl. The molecule has 2 saturated heterocycles. The van der Waals surface area contributed by atoms with Crippen molar-refractivity contribution in [3.63, 3.8) is 0 Å². The summed E-state index contributed by atoms with van der Waals surface area (Å²) >= 11 is 18.6. The van der Waals surface area contributed by atoms with E-state index in [-0.39, 0.29) is 11.9 Å². The van der Waals surface area contributed by atoms with Gasteiger partial charge in [-0.2, -0.15) is 0 Å². The number of hydrogen-bond acceptors (Lipinski definition) is 4. The molecule has 2 aliphatic heterocycles. The van der Waals surface area contributed by atoms with Gasteiger partial charge >= 0.3 is 6.03 Å². The first-order valence-corrected chi connectivity index (χ1v) is 15.4. The zero-order chi connectivity index (χ0) is 30.0. The molecule has 3 amide bonds. The smallest absolute Gasteiger partial charge is 0.322 e. The number of carbonyl (C=O) groups is 2. The molecule has 1 aromatic heterocycles. The molecule has 0 spiro atoms. The van der Waals surface area contributed by atoms with Crippen LogP contribution in [0.1, 0.15) is 39.2 Å². The van der Waals surface area contributed by atoms with Crippen molar-refractivity contribution in [2.24, 2.45) is 11.8 Å². The second-order valence-electron chi connectivity index (χ2n) is 11.4. The number of nitrogens with zero attached hydrogens (tertiary/aromatic N) is 4. The van der Waals surface area contributed by atoms with Crippen molar-refractivity contribution in [2.45, 2.75) is 33.7 Å². The Morgan fingerprint density at radius 3 is 2.31 bits per heavy atom. The van der Waals surface area contributed by atoms with Gasteiger partial charge in [0, 0.05) is 56.2 Å². The summed E-state index contributed by atoms with van der Waals surface area (Å²) in [5.74, 6) is 1.03. The summed E-state index contributed by atoms with van der Waals surface area (Å²) < 4.78 is 0. The van der Waals surface area contributed by atoms with E-state index < -0.39 is 0 Å². The molecular formula is C32H36Cl3N5O2. The van der Waals surface area contributed by atoms with Crippen LogP contribution in [0.4, 0.5) is 10.5 Å². The highest BCUT2D eigenvalue weighted by molar-refractivity contribution is 6.42. The fraction of sp³-hybridized carbons (Fsp3) is 0.406. The van der Waals surface area contributed by atoms with E-state index >= 15 is 0 Å². The molecule has 5 rings (SSSR count). The highest BCUT2D eigenvalue weighted by atomic mass is 35.5. The van der Waals surface area contributed by atoms with Crippen LogP contribution in [0.15, 0.2) is 48.7 Å². The molecule has 2 fully saturated rings. The molecule has 0 bridgehead atoms. The number of carbonyl (C=O) groups excluding carboxylic acids is 2. The summed E-state index contributed by atoms with van der Waals surface area (Å²) in [6.45, 7) is 11.0. The lowest BCUT2D eigenvalue weighted by atomic mass is 10.0. The summed E-state index contributed by atoms with van der Waals surface area (Å²) in [6.07, 6.45) is 2.56. The lowest BCUT2D eigenvalue weighted by Gasteiger charge is -2.26. The average Bonchev–Trinajstić information content (AvgIpc) is 3.52. The van der Waals surface area contributed by atoms with Gasteiger partial charge in [-0.3, -0.25) is 14.7 Å². The van der Waals surface area contributed by atoms with E-state index in [0.717, 1.165) is 72.8 Å².